The third-order valence-electron chi connectivity index (χ3n) is 2.98. The molecule has 0 aliphatic rings. The number of aromatic carboxylic acids is 1. The number of carboxylic acid groups (broad SMARTS) is 1. The van der Waals surface area contributed by atoms with Gasteiger partial charge >= 0.3 is 17.6 Å². The van der Waals surface area contributed by atoms with E-state index in [1.165, 1.54) is 19.1 Å². The molecule has 7 nitrogen and oxygen atoms in total. The Morgan fingerprint density at radius 3 is 2.75 bits per heavy atom. The van der Waals surface area contributed by atoms with Gasteiger partial charge in [-0.05, 0) is 26.0 Å². The largest absolute Gasteiger partial charge is 0.478 e. The van der Waals surface area contributed by atoms with Crippen molar-refractivity contribution in [1.82, 2.24) is 9.55 Å². The van der Waals surface area contributed by atoms with Crippen LogP contribution < -0.4 is 5.69 Å². The summed E-state index contributed by atoms with van der Waals surface area (Å²) in [7, 11) is 0. The van der Waals surface area contributed by atoms with Gasteiger partial charge in [0.05, 0.1) is 23.2 Å². The first kappa shape index (κ1) is 13.9. The third kappa shape index (κ3) is 2.18. The van der Waals surface area contributed by atoms with Gasteiger partial charge in [-0.2, -0.15) is 0 Å². The molecule has 1 atom stereocenters. The zero-order valence-corrected chi connectivity index (χ0v) is 11.0. The van der Waals surface area contributed by atoms with Crippen molar-refractivity contribution < 1.29 is 19.4 Å². The minimum Gasteiger partial charge on any atom is -0.478 e. The number of nitrogens with one attached hydrogen (secondary N) is 1. The van der Waals surface area contributed by atoms with Crippen molar-refractivity contribution in [1.29, 1.82) is 0 Å². The Labute approximate surface area is 113 Å². The number of imidazole rings is 1. The first-order valence-corrected chi connectivity index (χ1v) is 6.10. The summed E-state index contributed by atoms with van der Waals surface area (Å²) < 4.78 is 5.98. The maximum absolute atomic E-state index is 12.0. The van der Waals surface area contributed by atoms with Crippen LogP contribution >= 0.6 is 0 Å². The highest BCUT2D eigenvalue weighted by atomic mass is 16.5. The summed E-state index contributed by atoms with van der Waals surface area (Å²) in [4.78, 5) is 37.5. The predicted molar refractivity (Wildman–Crippen MR) is 70.9 cm³/mol. The maximum atomic E-state index is 12.0. The highest BCUT2D eigenvalue weighted by Gasteiger charge is 2.24. The van der Waals surface area contributed by atoms with Gasteiger partial charge in [-0.3, -0.25) is 4.57 Å². The van der Waals surface area contributed by atoms with Crippen molar-refractivity contribution in [3.8, 4) is 0 Å². The third-order valence-corrected chi connectivity index (χ3v) is 2.98. The smallest absolute Gasteiger partial charge is 0.337 e. The van der Waals surface area contributed by atoms with Crippen molar-refractivity contribution in [2.24, 2.45) is 0 Å². The van der Waals surface area contributed by atoms with Gasteiger partial charge in [-0.25, -0.2) is 14.4 Å². The van der Waals surface area contributed by atoms with Crippen LogP contribution in [-0.4, -0.2) is 33.2 Å². The molecule has 0 amide bonds. The summed E-state index contributed by atoms with van der Waals surface area (Å²) >= 11 is 0. The number of carbonyl (C=O) groups excluding carboxylic acids is 1. The summed E-state index contributed by atoms with van der Waals surface area (Å²) in [6.45, 7) is 3.34. The van der Waals surface area contributed by atoms with Gasteiger partial charge < -0.3 is 14.8 Å². The normalized spacial score (nSPS) is 12.3. The molecule has 2 N–H and O–H groups in total. The lowest BCUT2D eigenvalue weighted by Gasteiger charge is -2.13. The van der Waals surface area contributed by atoms with E-state index in [-0.39, 0.29) is 17.7 Å². The number of fused-ring (bicyclic) bond motifs is 1. The highest BCUT2D eigenvalue weighted by molar-refractivity contribution is 6.01. The standard InChI is InChI=1S/C13H14N2O5/c1-3-20-12(18)7(2)15-10-8(11(16)17)5-4-6-9(10)14-13(15)19/h4-7H,3H2,1-2H3,(H,14,19)(H,16,17). The zero-order chi connectivity index (χ0) is 14.9. The second kappa shape index (κ2) is 5.20. The average Bonchev–Trinajstić information content (AvgIpc) is 2.73. The molecule has 0 aliphatic heterocycles. The van der Waals surface area contributed by atoms with Crippen LogP contribution in [0.2, 0.25) is 0 Å². The van der Waals surface area contributed by atoms with E-state index in [0.29, 0.717) is 5.52 Å². The summed E-state index contributed by atoms with van der Waals surface area (Å²) in [5.74, 6) is -1.75. The van der Waals surface area contributed by atoms with Gasteiger partial charge in [-0.15, -0.1) is 0 Å². The van der Waals surface area contributed by atoms with Gasteiger partial charge in [0.2, 0.25) is 0 Å². The molecule has 0 radical (unpaired) electrons. The number of carbonyl (C=O) groups is 2. The number of hydrogen-bond acceptors (Lipinski definition) is 4. The molecule has 1 unspecified atom stereocenters. The summed E-state index contributed by atoms with van der Waals surface area (Å²) in [5, 5.41) is 9.19. The Morgan fingerprint density at radius 2 is 2.15 bits per heavy atom. The van der Waals surface area contributed by atoms with Gasteiger partial charge in [0.15, 0.2) is 0 Å². The predicted octanol–water partition coefficient (Wildman–Crippen LogP) is 1.15. The summed E-state index contributed by atoms with van der Waals surface area (Å²) in [6.07, 6.45) is 0. The van der Waals surface area contributed by atoms with E-state index < -0.39 is 23.7 Å². The molecule has 0 spiro atoms. The van der Waals surface area contributed by atoms with Crippen molar-refractivity contribution in [3.63, 3.8) is 0 Å². The SMILES string of the molecule is CCOC(=O)C(C)n1c(=O)[nH]c2cccc(C(=O)O)c21. The Balaban J connectivity index is 2.69. The molecule has 0 aliphatic carbocycles. The lowest BCUT2D eigenvalue weighted by molar-refractivity contribution is -0.146. The Hall–Kier alpha value is -2.57. The quantitative estimate of drug-likeness (QED) is 0.817. The number of rotatable bonds is 4. The number of esters is 1. The molecule has 0 bridgehead atoms. The van der Waals surface area contributed by atoms with Crippen LogP contribution in [-0.2, 0) is 9.53 Å². The summed E-state index contributed by atoms with van der Waals surface area (Å²) in [6, 6.07) is 3.59. The van der Waals surface area contributed by atoms with Gasteiger partial charge in [-0.1, -0.05) is 6.07 Å². The first-order valence-electron chi connectivity index (χ1n) is 6.10. The Morgan fingerprint density at radius 1 is 1.45 bits per heavy atom. The van der Waals surface area contributed by atoms with E-state index in [1.807, 2.05) is 0 Å². The van der Waals surface area contributed by atoms with E-state index >= 15 is 0 Å². The number of ether oxygens (including phenoxy) is 1. The molecule has 1 heterocycles. The number of para-hydroxylation sites is 1. The fourth-order valence-corrected chi connectivity index (χ4v) is 2.09. The monoisotopic (exact) mass is 278 g/mol. The topological polar surface area (TPSA) is 101 Å². The lowest BCUT2D eigenvalue weighted by atomic mass is 10.1. The Bertz CT molecular complexity index is 728. The van der Waals surface area contributed by atoms with E-state index in [9.17, 15) is 19.5 Å². The van der Waals surface area contributed by atoms with Crippen molar-refractivity contribution in [2.45, 2.75) is 19.9 Å². The van der Waals surface area contributed by atoms with E-state index in [1.54, 1.807) is 13.0 Å². The van der Waals surface area contributed by atoms with E-state index in [2.05, 4.69) is 4.98 Å². The Kier molecular flexibility index (Phi) is 3.60. The average molecular weight is 278 g/mol. The molecule has 2 aromatic rings. The molecule has 0 fully saturated rings. The molecule has 1 aromatic carbocycles. The van der Waals surface area contributed by atoms with E-state index in [0.717, 1.165) is 4.57 Å². The number of H-pyrrole nitrogens is 1. The number of benzene rings is 1. The maximum Gasteiger partial charge on any atom is 0.337 e. The molecule has 0 saturated carbocycles. The van der Waals surface area contributed by atoms with Crippen molar-refractivity contribution >= 4 is 23.0 Å². The van der Waals surface area contributed by atoms with E-state index in [4.69, 9.17) is 4.74 Å². The lowest BCUT2D eigenvalue weighted by Crippen LogP contribution is -2.28. The van der Waals surface area contributed by atoms with Crippen LogP contribution in [0, 0.1) is 0 Å². The second-order valence-electron chi connectivity index (χ2n) is 4.24. The number of carboxylic acids is 1. The van der Waals surface area contributed by atoms with Crippen LogP contribution in [0.1, 0.15) is 30.2 Å². The van der Waals surface area contributed by atoms with Crippen LogP contribution in [0.5, 0.6) is 0 Å². The minimum absolute atomic E-state index is 0.0444. The molecule has 106 valence electrons. The molecule has 2 rings (SSSR count). The molecule has 1 aromatic heterocycles. The fourth-order valence-electron chi connectivity index (χ4n) is 2.09. The summed E-state index contributed by atoms with van der Waals surface area (Å²) in [5.41, 5.74) is -0.0390. The van der Waals surface area contributed by atoms with Crippen LogP contribution in [0.25, 0.3) is 11.0 Å². The van der Waals surface area contributed by atoms with Crippen LogP contribution in [0.15, 0.2) is 23.0 Å². The van der Waals surface area contributed by atoms with Crippen LogP contribution in [0.4, 0.5) is 0 Å². The molecular weight excluding hydrogens is 264 g/mol. The van der Waals surface area contributed by atoms with Gasteiger partial charge in [0, 0.05) is 0 Å². The fraction of sp³-hybridized carbons (Fsp3) is 0.308. The molecular formula is C13H14N2O5. The van der Waals surface area contributed by atoms with Gasteiger partial charge in [0.1, 0.15) is 6.04 Å². The highest BCUT2D eigenvalue weighted by Crippen LogP contribution is 2.20. The molecule has 20 heavy (non-hydrogen) atoms. The number of aromatic amines is 1. The molecule has 0 saturated heterocycles. The number of hydrogen-bond donors (Lipinski definition) is 2. The van der Waals surface area contributed by atoms with Crippen LogP contribution in [0.3, 0.4) is 0 Å². The number of aromatic nitrogens is 2. The van der Waals surface area contributed by atoms with Gasteiger partial charge in [0.25, 0.3) is 0 Å². The second-order valence-corrected chi connectivity index (χ2v) is 4.24. The van der Waals surface area contributed by atoms with Crippen molar-refractivity contribution in [3.05, 3.63) is 34.2 Å². The van der Waals surface area contributed by atoms with Crippen molar-refractivity contribution in [2.75, 3.05) is 6.61 Å². The number of nitrogens with zero attached hydrogens (tertiary/aromatic N) is 1. The first-order chi connectivity index (χ1) is 9.47. The minimum atomic E-state index is -1.17. The zero-order valence-electron chi connectivity index (χ0n) is 11.0. The molecule has 7 heteroatoms.